The highest BCUT2D eigenvalue weighted by Gasteiger charge is 2.56. The molecule has 2 saturated heterocycles. The summed E-state index contributed by atoms with van der Waals surface area (Å²) in [4.78, 5) is 0. The van der Waals surface area contributed by atoms with Gasteiger partial charge >= 0.3 is 0 Å². The largest absolute Gasteiger partial charge is 0.364 e. The first kappa shape index (κ1) is 11.3. The number of methoxy groups -OCH3 is 2. The van der Waals surface area contributed by atoms with Gasteiger partial charge in [0, 0.05) is 14.2 Å². The lowest BCUT2D eigenvalue weighted by Gasteiger charge is -2.26. The summed E-state index contributed by atoms with van der Waals surface area (Å²) in [5.41, 5.74) is 0. The third-order valence-corrected chi connectivity index (χ3v) is 3.20. The minimum Gasteiger partial charge on any atom is -0.364 e. The zero-order chi connectivity index (χ0) is 11.1. The molecule has 4 unspecified atom stereocenters. The number of ether oxygens (including phenoxy) is 5. The van der Waals surface area contributed by atoms with Crippen LogP contribution in [0.4, 0.5) is 0 Å². The van der Waals surface area contributed by atoms with Crippen LogP contribution in [-0.4, -0.2) is 51.2 Å². The molecule has 0 N–H and O–H groups in total. The lowest BCUT2D eigenvalue weighted by atomic mass is 10.2. The number of epoxide rings is 2. The molecule has 88 valence electrons. The van der Waals surface area contributed by atoms with Gasteiger partial charge in [0.2, 0.25) is 11.6 Å². The van der Waals surface area contributed by atoms with E-state index in [1.807, 2.05) is 13.8 Å². The Balaban J connectivity index is 1.86. The zero-order valence-corrected chi connectivity index (χ0v) is 9.61. The molecular weight excluding hydrogens is 200 g/mol. The van der Waals surface area contributed by atoms with Crippen LogP contribution in [0.25, 0.3) is 0 Å². The smallest absolute Gasteiger partial charge is 0.218 e. The molecule has 4 atom stereocenters. The summed E-state index contributed by atoms with van der Waals surface area (Å²) >= 11 is 0. The van der Waals surface area contributed by atoms with Crippen molar-refractivity contribution in [1.29, 1.82) is 0 Å². The Kier molecular flexibility index (Phi) is 2.77. The van der Waals surface area contributed by atoms with Crippen LogP contribution >= 0.6 is 0 Å². The van der Waals surface area contributed by atoms with Crippen molar-refractivity contribution < 1.29 is 23.7 Å². The molecule has 0 aromatic heterocycles. The molecule has 0 amide bonds. The second-order valence-corrected chi connectivity index (χ2v) is 4.03. The Hall–Kier alpha value is -0.200. The van der Waals surface area contributed by atoms with E-state index in [-0.39, 0.29) is 12.2 Å². The summed E-state index contributed by atoms with van der Waals surface area (Å²) < 4.78 is 26.8. The lowest BCUT2D eigenvalue weighted by molar-refractivity contribution is -0.184. The van der Waals surface area contributed by atoms with E-state index in [2.05, 4.69) is 0 Å². The third kappa shape index (κ3) is 1.90. The molecule has 0 radical (unpaired) electrons. The van der Waals surface area contributed by atoms with Gasteiger partial charge in [-0.2, -0.15) is 0 Å². The number of hydrogen-bond acceptors (Lipinski definition) is 5. The van der Waals surface area contributed by atoms with Crippen LogP contribution in [0.5, 0.6) is 0 Å². The Bertz CT molecular complexity index is 210. The van der Waals surface area contributed by atoms with Crippen molar-refractivity contribution in [3.8, 4) is 0 Å². The molecule has 15 heavy (non-hydrogen) atoms. The van der Waals surface area contributed by atoms with E-state index >= 15 is 0 Å². The van der Waals surface area contributed by atoms with Crippen LogP contribution < -0.4 is 0 Å². The first-order chi connectivity index (χ1) is 7.08. The molecule has 2 rings (SSSR count). The van der Waals surface area contributed by atoms with Gasteiger partial charge in [-0.3, -0.25) is 0 Å². The highest BCUT2D eigenvalue weighted by molar-refractivity contribution is 4.93. The first-order valence-corrected chi connectivity index (χ1v) is 5.12. The fourth-order valence-corrected chi connectivity index (χ4v) is 1.69. The van der Waals surface area contributed by atoms with E-state index in [0.717, 1.165) is 0 Å². The predicted octanol–water partition coefficient (Wildman–Crippen LogP) is 0.526. The van der Waals surface area contributed by atoms with Crippen molar-refractivity contribution in [2.24, 2.45) is 0 Å². The molecule has 2 aliphatic heterocycles. The maximum Gasteiger partial charge on any atom is 0.218 e. The molecule has 2 aliphatic rings. The van der Waals surface area contributed by atoms with E-state index in [1.54, 1.807) is 14.2 Å². The van der Waals surface area contributed by atoms with Crippen LogP contribution in [0.15, 0.2) is 0 Å². The normalized spacial score (nSPS) is 42.4. The average Bonchev–Trinajstić information content (AvgIpc) is 3.13. The molecule has 0 aromatic rings. The van der Waals surface area contributed by atoms with Gasteiger partial charge < -0.3 is 23.7 Å². The molecule has 2 heterocycles. The van der Waals surface area contributed by atoms with Gasteiger partial charge in [-0.1, -0.05) is 0 Å². The summed E-state index contributed by atoms with van der Waals surface area (Å²) in [7, 11) is 3.24. The molecule has 5 nitrogen and oxygen atoms in total. The number of rotatable bonds is 6. The van der Waals surface area contributed by atoms with Crippen molar-refractivity contribution in [2.75, 3.05) is 27.4 Å². The van der Waals surface area contributed by atoms with Gasteiger partial charge in [0.05, 0.1) is 0 Å². The van der Waals surface area contributed by atoms with Gasteiger partial charge in [0.25, 0.3) is 0 Å². The minimum atomic E-state index is -0.557. The summed E-state index contributed by atoms with van der Waals surface area (Å²) in [6.07, 6.45) is -0.262. The Labute approximate surface area is 89.6 Å². The van der Waals surface area contributed by atoms with E-state index < -0.39 is 11.6 Å². The molecule has 0 spiro atoms. The molecule has 0 aromatic carbocycles. The summed E-state index contributed by atoms with van der Waals surface area (Å²) in [5, 5.41) is 0. The van der Waals surface area contributed by atoms with Crippen molar-refractivity contribution in [3.63, 3.8) is 0 Å². The van der Waals surface area contributed by atoms with Crippen LogP contribution in [0.3, 0.4) is 0 Å². The topological polar surface area (TPSA) is 52.8 Å². The Morgan fingerprint density at radius 2 is 1.27 bits per heavy atom. The van der Waals surface area contributed by atoms with Gasteiger partial charge in [-0.05, 0) is 13.8 Å². The standard InChI is InChI=1S/C10H18O5/c1-7(9(11-3)5-13-9)15-8(2)10(12-4)6-14-10/h7-8H,5-6H2,1-4H3. The van der Waals surface area contributed by atoms with Crippen LogP contribution in [-0.2, 0) is 23.7 Å². The lowest BCUT2D eigenvalue weighted by Crippen LogP contribution is -2.40. The predicted molar refractivity (Wildman–Crippen MR) is 51.4 cm³/mol. The van der Waals surface area contributed by atoms with Gasteiger partial charge in [0.15, 0.2) is 0 Å². The summed E-state index contributed by atoms with van der Waals surface area (Å²) in [5.74, 6) is -1.11. The van der Waals surface area contributed by atoms with Crippen LogP contribution in [0.2, 0.25) is 0 Å². The van der Waals surface area contributed by atoms with Crippen molar-refractivity contribution in [2.45, 2.75) is 37.6 Å². The fourth-order valence-electron chi connectivity index (χ4n) is 1.69. The second kappa shape index (κ2) is 3.68. The minimum absolute atomic E-state index is 0.131. The molecule has 0 saturated carbocycles. The van der Waals surface area contributed by atoms with E-state index in [4.69, 9.17) is 23.7 Å². The average molecular weight is 218 g/mol. The molecule has 5 heteroatoms. The van der Waals surface area contributed by atoms with Crippen molar-refractivity contribution in [1.82, 2.24) is 0 Å². The molecule has 0 bridgehead atoms. The maximum atomic E-state index is 5.79. The molecule has 2 fully saturated rings. The molecular formula is C10H18O5. The van der Waals surface area contributed by atoms with E-state index in [1.165, 1.54) is 0 Å². The van der Waals surface area contributed by atoms with E-state index in [0.29, 0.717) is 13.2 Å². The first-order valence-electron chi connectivity index (χ1n) is 5.12. The highest BCUT2D eigenvalue weighted by atomic mass is 16.8. The Morgan fingerprint density at radius 3 is 1.47 bits per heavy atom. The van der Waals surface area contributed by atoms with Gasteiger partial charge in [0.1, 0.15) is 25.4 Å². The van der Waals surface area contributed by atoms with Crippen molar-refractivity contribution >= 4 is 0 Å². The van der Waals surface area contributed by atoms with Gasteiger partial charge in [-0.25, -0.2) is 0 Å². The number of hydrogen-bond donors (Lipinski definition) is 0. The third-order valence-electron chi connectivity index (χ3n) is 3.20. The highest BCUT2D eigenvalue weighted by Crippen LogP contribution is 2.38. The van der Waals surface area contributed by atoms with Crippen LogP contribution in [0.1, 0.15) is 13.8 Å². The van der Waals surface area contributed by atoms with Crippen LogP contribution in [0, 0.1) is 0 Å². The molecule has 0 aliphatic carbocycles. The SMILES string of the molecule is COC1(C(C)OC(C)C2(OC)CO2)CO1. The summed E-state index contributed by atoms with van der Waals surface area (Å²) in [6, 6.07) is 0. The fraction of sp³-hybridized carbons (Fsp3) is 1.00. The summed E-state index contributed by atoms with van der Waals surface area (Å²) in [6.45, 7) is 5.02. The monoisotopic (exact) mass is 218 g/mol. The quantitative estimate of drug-likeness (QED) is 0.608. The maximum absolute atomic E-state index is 5.79. The Morgan fingerprint density at radius 1 is 0.933 bits per heavy atom. The zero-order valence-electron chi connectivity index (χ0n) is 9.61. The van der Waals surface area contributed by atoms with Crippen molar-refractivity contribution in [3.05, 3.63) is 0 Å². The van der Waals surface area contributed by atoms with E-state index in [9.17, 15) is 0 Å². The van der Waals surface area contributed by atoms with Gasteiger partial charge in [-0.15, -0.1) is 0 Å². The second-order valence-electron chi connectivity index (χ2n) is 4.03.